The van der Waals surface area contributed by atoms with Crippen LogP contribution in [0.3, 0.4) is 0 Å². The second kappa shape index (κ2) is 37.3. The molecule has 13 heavy (non-hydrogen) atoms. The molecule has 0 spiro atoms. The normalized spacial score (nSPS) is 5.08. The van der Waals surface area contributed by atoms with Gasteiger partial charge >= 0.3 is 52.4 Å². The third-order valence-electron chi connectivity index (χ3n) is 0. The summed E-state index contributed by atoms with van der Waals surface area (Å²) < 4.78 is 15.4. The van der Waals surface area contributed by atoms with E-state index in [-0.39, 0.29) is 37.7 Å². The van der Waals surface area contributed by atoms with Crippen molar-refractivity contribution in [2.24, 2.45) is 0 Å². The third kappa shape index (κ3) is 681. The monoisotopic (exact) mass is 266 g/mol. The van der Waals surface area contributed by atoms with Crippen molar-refractivity contribution in [3.63, 3.8) is 0 Å². The van der Waals surface area contributed by atoms with Gasteiger partial charge in [0.2, 0.25) is 0 Å². The van der Waals surface area contributed by atoms with E-state index in [1.54, 1.807) is 0 Å². The van der Waals surface area contributed by atoms with Gasteiger partial charge < -0.3 is 39.5 Å². The molecular formula is H6B2CaCl2O8. The topological polar surface area (TPSA) is 168 Å². The maximum absolute atomic E-state index is 7.72. The molecule has 8 nitrogen and oxygen atoms in total. The van der Waals surface area contributed by atoms with E-state index in [2.05, 4.69) is 23.7 Å². The molecule has 0 radical (unpaired) electrons. The average Bonchev–Trinajstić information content (AvgIpc) is 1.93. The van der Waals surface area contributed by atoms with Gasteiger partial charge in [0.15, 0.2) is 0 Å². The SMILES string of the molecule is OB(O)O.OB(O)O.[Ca+2].[O-]Cl.[O-]Cl. The first-order chi connectivity index (χ1) is 5.46. The molecular weight excluding hydrogens is 261 g/mol. The summed E-state index contributed by atoms with van der Waals surface area (Å²) in [5.41, 5.74) is 0. The summed E-state index contributed by atoms with van der Waals surface area (Å²) in [5, 5.41) is 43.0. The van der Waals surface area contributed by atoms with Gasteiger partial charge in [0.05, 0.1) is 0 Å². The Labute approximate surface area is 115 Å². The number of halogens is 2. The molecule has 0 aliphatic heterocycles. The van der Waals surface area contributed by atoms with Crippen LogP contribution in [0.25, 0.3) is 0 Å². The molecule has 0 atom stereocenters. The van der Waals surface area contributed by atoms with Crippen molar-refractivity contribution in [1.29, 1.82) is 0 Å². The van der Waals surface area contributed by atoms with Gasteiger partial charge in [-0.1, -0.05) is 0 Å². The first-order valence-corrected chi connectivity index (χ1v) is 2.48. The van der Waals surface area contributed by atoms with E-state index in [9.17, 15) is 0 Å². The molecule has 0 rings (SSSR count). The second-order valence-corrected chi connectivity index (χ2v) is 0.693. The molecule has 0 heterocycles. The van der Waals surface area contributed by atoms with Crippen LogP contribution in [0.2, 0.25) is 0 Å². The van der Waals surface area contributed by atoms with Crippen LogP contribution >= 0.6 is 23.7 Å². The van der Waals surface area contributed by atoms with Gasteiger partial charge in [0.25, 0.3) is 0 Å². The summed E-state index contributed by atoms with van der Waals surface area (Å²) in [6.45, 7) is 0. The van der Waals surface area contributed by atoms with Crippen LogP contribution in [0.15, 0.2) is 0 Å². The molecule has 0 aromatic heterocycles. The van der Waals surface area contributed by atoms with E-state index in [1.165, 1.54) is 0 Å². The number of hydrogen-bond acceptors (Lipinski definition) is 8. The Morgan fingerprint density at radius 2 is 0.615 bits per heavy atom. The molecule has 0 bridgehead atoms. The molecule has 0 amide bonds. The van der Waals surface area contributed by atoms with Gasteiger partial charge in [-0.15, -0.1) is 0 Å². The van der Waals surface area contributed by atoms with Crippen molar-refractivity contribution in [2.45, 2.75) is 0 Å². The molecule has 0 aliphatic rings. The largest absolute Gasteiger partial charge is 2.00 e. The van der Waals surface area contributed by atoms with Crippen LogP contribution in [0, 0.1) is 0 Å². The Hall–Kier alpha value is 1.65. The smallest absolute Gasteiger partial charge is 0.769 e. The van der Waals surface area contributed by atoms with Crippen LogP contribution in [0.5, 0.6) is 0 Å². The quantitative estimate of drug-likeness (QED) is 0.236. The Morgan fingerprint density at radius 3 is 0.615 bits per heavy atom. The molecule has 6 N–H and O–H groups in total. The number of hydrogen-bond donors (Lipinski definition) is 6. The summed E-state index contributed by atoms with van der Waals surface area (Å²) >= 11 is 6.78. The fourth-order valence-electron chi connectivity index (χ4n) is 0. The Balaban J connectivity index is -0.0000000226. The molecule has 76 valence electrons. The third-order valence-corrected chi connectivity index (χ3v) is 0. The van der Waals surface area contributed by atoms with Gasteiger partial charge in [-0.3, -0.25) is 0 Å². The molecule has 0 aromatic carbocycles. The maximum Gasteiger partial charge on any atom is 2.00 e. The molecule has 13 heteroatoms. The van der Waals surface area contributed by atoms with Crippen LogP contribution in [-0.2, 0) is 0 Å². The number of rotatable bonds is 0. The predicted molar refractivity (Wildman–Crippen MR) is 42.3 cm³/mol. The molecule has 0 unspecified atom stereocenters. The van der Waals surface area contributed by atoms with Gasteiger partial charge in [0, 0.05) is 0 Å². The fraction of sp³-hybridized carbons (Fsp3) is 0. The van der Waals surface area contributed by atoms with Crippen LogP contribution in [0.4, 0.5) is 0 Å². The summed E-state index contributed by atoms with van der Waals surface area (Å²) in [7, 11) is -4.33. The van der Waals surface area contributed by atoms with Gasteiger partial charge in [0.1, 0.15) is 0 Å². The van der Waals surface area contributed by atoms with Crippen LogP contribution in [0.1, 0.15) is 0 Å². The van der Waals surface area contributed by atoms with Gasteiger partial charge in [-0.05, 0) is 0 Å². The fourth-order valence-corrected chi connectivity index (χ4v) is 0. The van der Waals surface area contributed by atoms with E-state index in [1.807, 2.05) is 0 Å². The van der Waals surface area contributed by atoms with Crippen molar-refractivity contribution in [2.75, 3.05) is 0 Å². The van der Waals surface area contributed by atoms with Gasteiger partial charge in [-0.2, -0.15) is 0 Å². The van der Waals surface area contributed by atoms with Crippen LogP contribution in [-0.4, -0.2) is 82.5 Å². The predicted octanol–water partition coefficient (Wildman–Crippen LogP) is -5.48. The minimum atomic E-state index is -2.17. The molecule has 0 saturated carbocycles. The second-order valence-electron chi connectivity index (χ2n) is 0.693. The zero-order valence-electron chi connectivity index (χ0n) is 6.12. The van der Waals surface area contributed by atoms with Crippen molar-refractivity contribution in [3.05, 3.63) is 0 Å². The Bertz CT molecular complexity index is 35.6. The van der Waals surface area contributed by atoms with Crippen molar-refractivity contribution < 1.29 is 39.5 Å². The van der Waals surface area contributed by atoms with Gasteiger partial charge in [-0.25, -0.2) is 23.7 Å². The zero-order valence-corrected chi connectivity index (χ0v) is 9.84. The first kappa shape index (κ1) is 29.3. The van der Waals surface area contributed by atoms with E-state index in [0.29, 0.717) is 0 Å². The molecule has 0 aliphatic carbocycles. The summed E-state index contributed by atoms with van der Waals surface area (Å²) in [6.07, 6.45) is 0. The molecule has 0 aromatic rings. The Morgan fingerprint density at radius 1 is 0.615 bits per heavy atom. The maximum atomic E-state index is 7.72. The first-order valence-electron chi connectivity index (χ1n) is 1.86. The summed E-state index contributed by atoms with van der Waals surface area (Å²) in [5.74, 6) is 0. The van der Waals surface area contributed by atoms with E-state index < -0.39 is 14.6 Å². The van der Waals surface area contributed by atoms with Crippen molar-refractivity contribution in [3.8, 4) is 0 Å². The summed E-state index contributed by atoms with van der Waals surface area (Å²) in [6, 6.07) is 0. The van der Waals surface area contributed by atoms with Crippen molar-refractivity contribution in [1.82, 2.24) is 0 Å². The molecule has 0 fully saturated rings. The van der Waals surface area contributed by atoms with Crippen LogP contribution < -0.4 is 9.32 Å². The Kier molecular flexibility index (Phi) is 84.2. The van der Waals surface area contributed by atoms with E-state index >= 15 is 0 Å². The molecule has 0 saturated heterocycles. The standard InChI is InChI=1S/2BH3O3.Ca.2ClO/c2*2-1(3)4;;2*1-2/h2*2-4H;;;/q;;+2;2*-1. The van der Waals surface area contributed by atoms with E-state index in [4.69, 9.17) is 39.5 Å². The minimum Gasteiger partial charge on any atom is -0.769 e. The van der Waals surface area contributed by atoms with Crippen molar-refractivity contribution >= 4 is 76.1 Å². The zero-order chi connectivity index (χ0) is 11.2. The summed E-state index contributed by atoms with van der Waals surface area (Å²) in [4.78, 5) is 0. The van der Waals surface area contributed by atoms with E-state index in [0.717, 1.165) is 0 Å². The minimum absolute atomic E-state index is 0. The average molecular weight is 267 g/mol.